The van der Waals surface area contributed by atoms with Gasteiger partial charge in [-0.1, -0.05) is 0 Å². The lowest BCUT2D eigenvalue weighted by molar-refractivity contribution is 0.224. The smallest absolute Gasteiger partial charge is 0.146 e. The number of nitrogens with zero attached hydrogens (tertiary/aromatic N) is 1. The topological polar surface area (TPSA) is 48.1 Å². The van der Waals surface area contributed by atoms with Crippen molar-refractivity contribution in [2.75, 3.05) is 6.61 Å². The van der Waals surface area contributed by atoms with Gasteiger partial charge in [-0.25, -0.2) is 4.39 Å². The van der Waals surface area contributed by atoms with Gasteiger partial charge in [-0.15, -0.1) is 0 Å². The maximum Gasteiger partial charge on any atom is 0.146 e. The fourth-order valence-corrected chi connectivity index (χ4v) is 1.45. The molecule has 1 unspecified atom stereocenters. The van der Waals surface area contributed by atoms with Crippen molar-refractivity contribution in [2.45, 2.75) is 12.5 Å². The van der Waals surface area contributed by atoms with Gasteiger partial charge in [0.1, 0.15) is 11.6 Å². The zero-order valence-electron chi connectivity index (χ0n) is 7.61. The normalized spacial score (nSPS) is 17.4. The Morgan fingerprint density at radius 3 is 3.07 bits per heavy atom. The first-order valence-electron chi connectivity index (χ1n) is 4.47. The Balaban J connectivity index is 2.26. The highest BCUT2D eigenvalue weighted by Crippen LogP contribution is 2.25. The summed E-state index contributed by atoms with van der Waals surface area (Å²) in [5.41, 5.74) is 6.26. The summed E-state index contributed by atoms with van der Waals surface area (Å²) in [5, 5.41) is 0. The van der Waals surface area contributed by atoms with Crippen LogP contribution in [-0.4, -0.2) is 11.6 Å². The third-order valence-electron chi connectivity index (χ3n) is 2.18. The summed E-state index contributed by atoms with van der Waals surface area (Å²) in [6.07, 6.45) is 5.42. The van der Waals surface area contributed by atoms with Gasteiger partial charge < -0.3 is 10.5 Å². The first-order chi connectivity index (χ1) is 6.79. The number of nitrogens with two attached hydrogens (primary N) is 1. The Labute approximate surface area is 81.4 Å². The Bertz CT molecular complexity index is 365. The third kappa shape index (κ3) is 1.61. The van der Waals surface area contributed by atoms with Crippen molar-refractivity contribution in [2.24, 2.45) is 5.73 Å². The van der Waals surface area contributed by atoms with Gasteiger partial charge in [0.25, 0.3) is 0 Å². The molecule has 1 atom stereocenters. The number of halogens is 1. The van der Waals surface area contributed by atoms with E-state index in [1.165, 1.54) is 6.20 Å². The zero-order valence-corrected chi connectivity index (χ0v) is 7.61. The largest absolute Gasteiger partial charge is 0.496 e. The predicted octanol–water partition coefficient (Wildman–Crippen LogP) is 1.52. The zero-order chi connectivity index (χ0) is 9.97. The van der Waals surface area contributed by atoms with Crippen molar-refractivity contribution in [3.05, 3.63) is 41.7 Å². The molecular formula is C10H11FN2O. The van der Waals surface area contributed by atoms with E-state index in [9.17, 15) is 4.39 Å². The monoisotopic (exact) mass is 194 g/mol. The molecule has 1 aromatic rings. The molecule has 14 heavy (non-hydrogen) atoms. The van der Waals surface area contributed by atoms with Crippen molar-refractivity contribution in [1.82, 2.24) is 4.98 Å². The summed E-state index contributed by atoms with van der Waals surface area (Å²) in [6, 6.07) is 1.06. The van der Waals surface area contributed by atoms with Crippen LogP contribution < -0.4 is 5.73 Å². The van der Waals surface area contributed by atoms with Crippen LogP contribution in [-0.2, 0) is 4.74 Å². The van der Waals surface area contributed by atoms with Crippen LogP contribution in [0.15, 0.2) is 30.3 Å². The van der Waals surface area contributed by atoms with Gasteiger partial charge >= 0.3 is 0 Å². The second-order valence-electron chi connectivity index (χ2n) is 3.12. The highest BCUT2D eigenvalue weighted by molar-refractivity contribution is 5.25. The first kappa shape index (κ1) is 9.15. The minimum absolute atomic E-state index is 0.392. The molecule has 0 radical (unpaired) electrons. The van der Waals surface area contributed by atoms with E-state index in [-0.39, 0.29) is 0 Å². The fraction of sp³-hybridized carbons (Fsp3) is 0.300. The van der Waals surface area contributed by atoms with E-state index in [0.29, 0.717) is 17.9 Å². The highest BCUT2D eigenvalue weighted by atomic mass is 19.1. The molecular weight excluding hydrogens is 183 g/mol. The van der Waals surface area contributed by atoms with Crippen molar-refractivity contribution in [3.8, 4) is 0 Å². The molecule has 3 nitrogen and oxygen atoms in total. The molecule has 2 N–H and O–H groups in total. The summed E-state index contributed by atoms with van der Waals surface area (Å²) < 4.78 is 18.5. The molecule has 2 heterocycles. The van der Waals surface area contributed by atoms with Crippen molar-refractivity contribution in [1.29, 1.82) is 0 Å². The van der Waals surface area contributed by atoms with E-state index in [1.807, 2.05) is 6.08 Å². The second-order valence-corrected chi connectivity index (χ2v) is 3.12. The fourth-order valence-electron chi connectivity index (χ4n) is 1.45. The molecule has 2 rings (SSSR count). The van der Waals surface area contributed by atoms with E-state index >= 15 is 0 Å². The SMILES string of the molecule is NC(C1=CCCO1)c1ccncc1F. The van der Waals surface area contributed by atoms with E-state index in [2.05, 4.69) is 4.98 Å². The number of aromatic nitrogens is 1. The first-order valence-corrected chi connectivity index (χ1v) is 4.47. The molecule has 0 bridgehead atoms. The van der Waals surface area contributed by atoms with Crippen LogP contribution in [0.25, 0.3) is 0 Å². The molecule has 1 aliphatic heterocycles. The van der Waals surface area contributed by atoms with Crippen LogP contribution in [0, 0.1) is 5.82 Å². The highest BCUT2D eigenvalue weighted by Gasteiger charge is 2.19. The van der Waals surface area contributed by atoms with Gasteiger partial charge in [-0.05, 0) is 12.1 Å². The van der Waals surface area contributed by atoms with Crippen LogP contribution in [0.3, 0.4) is 0 Å². The minimum Gasteiger partial charge on any atom is -0.496 e. The van der Waals surface area contributed by atoms with Gasteiger partial charge in [0.15, 0.2) is 0 Å². The number of pyridine rings is 1. The number of ether oxygens (including phenoxy) is 1. The van der Waals surface area contributed by atoms with E-state index in [1.54, 1.807) is 6.07 Å². The average Bonchev–Trinajstić information content (AvgIpc) is 2.70. The molecule has 0 spiro atoms. The van der Waals surface area contributed by atoms with Gasteiger partial charge in [0, 0.05) is 18.2 Å². The van der Waals surface area contributed by atoms with Crippen molar-refractivity contribution in [3.63, 3.8) is 0 Å². The standard InChI is InChI=1S/C10H11FN2O/c11-8-6-13-4-3-7(8)10(12)9-2-1-5-14-9/h2-4,6,10H,1,5,12H2. The van der Waals surface area contributed by atoms with E-state index < -0.39 is 11.9 Å². The maximum atomic E-state index is 13.3. The minimum atomic E-state index is -0.513. The number of hydrogen-bond donors (Lipinski definition) is 1. The second kappa shape index (κ2) is 3.75. The molecule has 0 saturated carbocycles. The number of hydrogen-bond acceptors (Lipinski definition) is 3. The Morgan fingerprint density at radius 2 is 2.43 bits per heavy atom. The van der Waals surface area contributed by atoms with Crippen LogP contribution in [0.5, 0.6) is 0 Å². The quantitative estimate of drug-likeness (QED) is 0.776. The Kier molecular flexibility index (Phi) is 2.45. The lowest BCUT2D eigenvalue weighted by Crippen LogP contribution is -2.15. The molecule has 4 heteroatoms. The van der Waals surface area contributed by atoms with Crippen LogP contribution >= 0.6 is 0 Å². The molecule has 0 amide bonds. The van der Waals surface area contributed by atoms with Gasteiger partial charge in [0.05, 0.1) is 18.8 Å². The molecule has 0 fully saturated rings. The molecule has 0 aromatic carbocycles. The van der Waals surface area contributed by atoms with Crippen molar-refractivity contribution < 1.29 is 9.13 Å². The summed E-state index contributed by atoms with van der Waals surface area (Å²) in [7, 11) is 0. The molecule has 0 aliphatic carbocycles. The molecule has 1 aliphatic rings. The van der Waals surface area contributed by atoms with Gasteiger partial charge in [-0.3, -0.25) is 4.98 Å². The molecule has 74 valence electrons. The summed E-state index contributed by atoms with van der Waals surface area (Å²) in [4.78, 5) is 3.66. The van der Waals surface area contributed by atoms with E-state index in [0.717, 1.165) is 12.6 Å². The summed E-state index contributed by atoms with van der Waals surface area (Å²) in [5.74, 6) is 0.256. The average molecular weight is 194 g/mol. The summed E-state index contributed by atoms with van der Waals surface area (Å²) >= 11 is 0. The third-order valence-corrected chi connectivity index (χ3v) is 2.18. The Morgan fingerprint density at radius 1 is 1.57 bits per heavy atom. The maximum absolute atomic E-state index is 13.3. The van der Waals surface area contributed by atoms with Crippen LogP contribution in [0.2, 0.25) is 0 Å². The lowest BCUT2D eigenvalue weighted by Gasteiger charge is -2.13. The van der Waals surface area contributed by atoms with E-state index in [4.69, 9.17) is 10.5 Å². The van der Waals surface area contributed by atoms with Crippen LogP contribution in [0.1, 0.15) is 18.0 Å². The van der Waals surface area contributed by atoms with Crippen molar-refractivity contribution >= 4 is 0 Å². The molecule has 1 aromatic heterocycles. The Hall–Kier alpha value is -1.42. The molecule has 0 saturated heterocycles. The van der Waals surface area contributed by atoms with Crippen LogP contribution in [0.4, 0.5) is 4.39 Å². The van der Waals surface area contributed by atoms with Gasteiger partial charge in [-0.2, -0.15) is 0 Å². The lowest BCUT2D eigenvalue weighted by atomic mass is 10.1. The summed E-state index contributed by atoms with van der Waals surface area (Å²) in [6.45, 7) is 0.635. The predicted molar refractivity (Wildman–Crippen MR) is 49.8 cm³/mol. The van der Waals surface area contributed by atoms with Gasteiger partial charge in [0.2, 0.25) is 0 Å². The number of rotatable bonds is 2.